The number of azo groups is 1. The van der Waals surface area contributed by atoms with Crippen LogP contribution in [0.25, 0.3) is 0 Å². The molecular weight excluding hydrogens is 312 g/mol. The largest absolute Gasteiger partial charge is 0.352 e. The molecule has 2 aromatic rings. The van der Waals surface area contributed by atoms with Crippen molar-refractivity contribution >= 4 is 17.4 Å². The van der Waals surface area contributed by atoms with Crippen LogP contribution in [0, 0.1) is 5.92 Å². The van der Waals surface area contributed by atoms with E-state index in [0.717, 1.165) is 12.8 Å². The van der Waals surface area contributed by atoms with E-state index in [0.29, 0.717) is 29.5 Å². The van der Waals surface area contributed by atoms with Gasteiger partial charge in [0.15, 0.2) is 5.82 Å². The van der Waals surface area contributed by atoms with Gasteiger partial charge < -0.3 is 5.32 Å². The van der Waals surface area contributed by atoms with Crippen LogP contribution in [0.4, 0.5) is 11.5 Å². The van der Waals surface area contributed by atoms with Gasteiger partial charge in [0.05, 0.1) is 11.3 Å². The van der Waals surface area contributed by atoms with Gasteiger partial charge in [0.2, 0.25) is 0 Å². The van der Waals surface area contributed by atoms with Gasteiger partial charge in [0.1, 0.15) is 0 Å². The lowest BCUT2D eigenvalue weighted by molar-refractivity contribution is 0.0946. The van der Waals surface area contributed by atoms with E-state index in [1.807, 2.05) is 24.3 Å². The summed E-state index contributed by atoms with van der Waals surface area (Å²) < 4.78 is 0. The Bertz CT molecular complexity index is 685. The maximum atomic E-state index is 12.5. The van der Waals surface area contributed by atoms with E-state index in [4.69, 9.17) is 0 Å². The Morgan fingerprint density at radius 1 is 1.12 bits per heavy atom. The average molecular weight is 338 g/mol. The lowest BCUT2D eigenvalue weighted by Crippen LogP contribution is -2.29. The first-order valence-corrected chi connectivity index (χ1v) is 8.94. The molecule has 0 saturated carbocycles. The van der Waals surface area contributed by atoms with Gasteiger partial charge in [-0.25, -0.2) is 4.98 Å². The van der Waals surface area contributed by atoms with Crippen molar-refractivity contribution in [3.63, 3.8) is 0 Å². The zero-order valence-electron chi connectivity index (χ0n) is 15.0. The van der Waals surface area contributed by atoms with Crippen LogP contribution >= 0.6 is 0 Å². The van der Waals surface area contributed by atoms with E-state index in [2.05, 4.69) is 34.4 Å². The van der Waals surface area contributed by atoms with Crippen LogP contribution in [0.2, 0.25) is 0 Å². The van der Waals surface area contributed by atoms with Crippen molar-refractivity contribution in [2.75, 3.05) is 6.54 Å². The number of benzene rings is 1. The van der Waals surface area contributed by atoms with Gasteiger partial charge in [0, 0.05) is 12.7 Å². The predicted octanol–water partition coefficient (Wildman–Crippen LogP) is 5.44. The lowest BCUT2D eigenvalue weighted by Gasteiger charge is -2.15. The Hall–Kier alpha value is -2.56. The fraction of sp³-hybridized carbons (Fsp3) is 0.400. The number of hydrogen-bond acceptors (Lipinski definition) is 4. The molecule has 0 aliphatic carbocycles. The van der Waals surface area contributed by atoms with Crippen molar-refractivity contribution < 1.29 is 4.79 Å². The standard InChI is InChI=1S/C20H26N4O/c1-3-5-10-16(4-2)15-22-20(25)17-11-6-7-12-18(17)23-24-19-13-8-9-14-21-19/h6-9,11-14,16H,3-5,10,15H2,1-2H3,(H,22,25). The molecule has 25 heavy (non-hydrogen) atoms. The van der Waals surface area contributed by atoms with Gasteiger partial charge >= 0.3 is 0 Å². The van der Waals surface area contributed by atoms with Gasteiger partial charge in [-0.15, -0.1) is 10.2 Å². The average Bonchev–Trinajstić information content (AvgIpc) is 2.67. The molecule has 132 valence electrons. The third kappa shape index (κ3) is 6.10. The van der Waals surface area contributed by atoms with Crippen molar-refractivity contribution in [2.45, 2.75) is 39.5 Å². The summed E-state index contributed by atoms with van der Waals surface area (Å²) in [7, 11) is 0. The highest BCUT2D eigenvalue weighted by Crippen LogP contribution is 2.21. The summed E-state index contributed by atoms with van der Waals surface area (Å²) in [5.74, 6) is 0.931. The number of carbonyl (C=O) groups excluding carboxylic acids is 1. The molecule has 2 rings (SSSR count). The van der Waals surface area contributed by atoms with Gasteiger partial charge in [-0.3, -0.25) is 4.79 Å². The van der Waals surface area contributed by atoms with Crippen LogP contribution < -0.4 is 5.32 Å². The van der Waals surface area contributed by atoms with Crippen LogP contribution in [-0.4, -0.2) is 17.4 Å². The van der Waals surface area contributed by atoms with E-state index in [9.17, 15) is 4.79 Å². The molecule has 0 bridgehead atoms. The van der Waals surface area contributed by atoms with Crippen LogP contribution in [0.15, 0.2) is 58.9 Å². The molecule has 5 heteroatoms. The number of aromatic nitrogens is 1. The Morgan fingerprint density at radius 2 is 1.92 bits per heavy atom. The second-order valence-corrected chi connectivity index (χ2v) is 6.03. The summed E-state index contributed by atoms with van der Waals surface area (Å²) >= 11 is 0. The zero-order valence-corrected chi connectivity index (χ0v) is 15.0. The molecule has 1 amide bonds. The molecule has 1 N–H and O–H groups in total. The second kappa shape index (κ2) is 10.3. The second-order valence-electron chi connectivity index (χ2n) is 6.03. The number of nitrogens with zero attached hydrogens (tertiary/aromatic N) is 3. The molecule has 0 aliphatic heterocycles. The predicted molar refractivity (Wildman–Crippen MR) is 100 cm³/mol. The van der Waals surface area contributed by atoms with Crippen LogP contribution in [0.3, 0.4) is 0 Å². The monoisotopic (exact) mass is 338 g/mol. The highest BCUT2D eigenvalue weighted by molar-refractivity contribution is 5.98. The van der Waals surface area contributed by atoms with Crippen molar-refractivity contribution in [3.05, 3.63) is 54.2 Å². The molecule has 1 unspecified atom stereocenters. The quantitative estimate of drug-likeness (QED) is 0.618. The van der Waals surface area contributed by atoms with Gasteiger partial charge in [-0.1, -0.05) is 51.3 Å². The summed E-state index contributed by atoms with van der Waals surface area (Å²) in [4.78, 5) is 16.6. The molecule has 1 aromatic carbocycles. The van der Waals surface area contributed by atoms with Crippen molar-refractivity contribution in [1.29, 1.82) is 0 Å². The summed E-state index contributed by atoms with van der Waals surface area (Å²) in [5, 5.41) is 11.3. The topological polar surface area (TPSA) is 66.7 Å². The fourth-order valence-corrected chi connectivity index (χ4v) is 2.55. The van der Waals surface area contributed by atoms with E-state index < -0.39 is 0 Å². The number of amides is 1. The molecule has 0 spiro atoms. The summed E-state index contributed by atoms with van der Waals surface area (Å²) in [6.45, 7) is 5.05. The maximum Gasteiger partial charge on any atom is 0.253 e. The van der Waals surface area contributed by atoms with E-state index in [-0.39, 0.29) is 5.91 Å². The number of carbonyl (C=O) groups is 1. The minimum atomic E-state index is -0.106. The van der Waals surface area contributed by atoms with E-state index >= 15 is 0 Å². The number of nitrogens with one attached hydrogen (secondary N) is 1. The van der Waals surface area contributed by atoms with Crippen molar-refractivity contribution in [1.82, 2.24) is 10.3 Å². The number of unbranched alkanes of at least 4 members (excludes halogenated alkanes) is 1. The summed E-state index contributed by atoms with van der Waals surface area (Å²) in [6.07, 6.45) is 6.26. The molecule has 0 radical (unpaired) electrons. The van der Waals surface area contributed by atoms with Gasteiger partial charge in [-0.05, 0) is 36.6 Å². The van der Waals surface area contributed by atoms with Gasteiger partial charge in [0.25, 0.3) is 5.91 Å². The molecule has 0 aliphatic rings. The first kappa shape index (κ1) is 18.8. The highest BCUT2D eigenvalue weighted by Gasteiger charge is 2.13. The Morgan fingerprint density at radius 3 is 2.64 bits per heavy atom. The van der Waals surface area contributed by atoms with Crippen molar-refractivity contribution in [2.24, 2.45) is 16.1 Å². The molecule has 1 heterocycles. The Kier molecular flexibility index (Phi) is 7.76. The highest BCUT2D eigenvalue weighted by atomic mass is 16.1. The summed E-state index contributed by atoms with van der Waals surface area (Å²) in [6, 6.07) is 12.7. The SMILES string of the molecule is CCCCC(CC)CNC(=O)c1ccccc1N=Nc1ccccn1. The third-order valence-corrected chi connectivity index (χ3v) is 4.15. The summed E-state index contributed by atoms with van der Waals surface area (Å²) in [5.41, 5.74) is 1.08. The van der Waals surface area contributed by atoms with E-state index in [1.54, 1.807) is 24.4 Å². The fourth-order valence-electron chi connectivity index (χ4n) is 2.55. The van der Waals surface area contributed by atoms with Crippen molar-refractivity contribution in [3.8, 4) is 0 Å². The minimum absolute atomic E-state index is 0.106. The van der Waals surface area contributed by atoms with Gasteiger partial charge in [-0.2, -0.15) is 0 Å². The molecule has 0 saturated heterocycles. The number of hydrogen-bond donors (Lipinski definition) is 1. The normalized spacial score (nSPS) is 12.2. The molecular formula is C20H26N4O. The van der Waals surface area contributed by atoms with Crippen LogP contribution in [0.5, 0.6) is 0 Å². The molecule has 1 atom stereocenters. The number of pyridine rings is 1. The smallest absolute Gasteiger partial charge is 0.253 e. The van der Waals surface area contributed by atoms with E-state index in [1.165, 1.54) is 12.8 Å². The molecule has 5 nitrogen and oxygen atoms in total. The third-order valence-electron chi connectivity index (χ3n) is 4.15. The first-order chi connectivity index (χ1) is 12.2. The van der Waals surface area contributed by atoms with Crippen LogP contribution in [0.1, 0.15) is 49.9 Å². The van der Waals surface area contributed by atoms with Crippen LogP contribution in [-0.2, 0) is 0 Å². The maximum absolute atomic E-state index is 12.5. The molecule has 0 fully saturated rings. The zero-order chi connectivity index (χ0) is 17.9. The number of rotatable bonds is 9. The Labute approximate surface area is 149 Å². The lowest BCUT2D eigenvalue weighted by atomic mass is 9.99. The minimum Gasteiger partial charge on any atom is -0.352 e. The first-order valence-electron chi connectivity index (χ1n) is 8.94. The Balaban J connectivity index is 2.03. The molecule has 1 aromatic heterocycles.